The third-order valence-electron chi connectivity index (χ3n) is 2.81. The first kappa shape index (κ1) is 15.6. The third kappa shape index (κ3) is 4.12. The van der Waals surface area contributed by atoms with Crippen LogP contribution in [-0.4, -0.2) is 18.2 Å². The monoisotopic (exact) mass is 304 g/mol. The van der Waals surface area contributed by atoms with Crippen LogP contribution in [0.2, 0.25) is 0 Å². The highest BCUT2D eigenvalue weighted by atomic mass is 19.1. The van der Waals surface area contributed by atoms with Crippen molar-refractivity contribution in [3.8, 4) is 5.75 Å². The van der Waals surface area contributed by atoms with Crippen molar-refractivity contribution in [3.63, 3.8) is 0 Å². The number of carbonyl (C=O) groups excluding carboxylic acids is 1. The van der Waals surface area contributed by atoms with Crippen LogP contribution in [0.25, 0.3) is 0 Å². The number of hydrogen-bond acceptors (Lipinski definition) is 3. The molecule has 0 saturated heterocycles. The second kappa shape index (κ2) is 7.31. The zero-order chi connectivity index (χ0) is 15.9. The first-order valence-electron chi connectivity index (χ1n) is 6.53. The number of nitrogens with one attached hydrogen (secondary N) is 1. The fourth-order valence-electron chi connectivity index (χ4n) is 1.70. The SMILES string of the molecule is C/C(=N\NC(=O)COc1ccccc1F)c1ccccc1F. The van der Waals surface area contributed by atoms with E-state index in [1.54, 1.807) is 31.2 Å². The Morgan fingerprint density at radius 1 is 1.09 bits per heavy atom. The highest BCUT2D eigenvalue weighted by molar-refractivity contribution is 5.99. The number of para-hydroxylation sites is 1. The van der Waals surface area contributed by atoms with Gasteiger partial charge in [0.2, 0.25) is 0 Å². The Bertz CT molecular complexity index is 702. The Morgan fingerprint density at radius 3 is 2.41 bits per heavy atom. The van der Waals surface area contributed by atoms with E-state index in [1.165, 1.54) is 24.3 Å². The van der Waals surface area contributed by atoms with Gasteiger partial charge in [-0.05, 0) is 25.1 Å². The zero-order valence-corrected chi connectivity index (χ0v) is 11.8. The van der Waals surface area contributed by atoms with Gasteiger partial charge in [0.1, 0.15) is 5.82 Å². The van der Waals surface area contributed by atoms with Gasteiger partial charge in [-0.3, -0.25) is 4.79 Å². The quantitative estimate of drug-likeness (QED) is 0.682. The Balaban J connectivity index is 1.91. The molecule has 2 aromatic rings. The van der Waals surface area contributed by atoms with Gasteiger partial charge in [-0.1, -0.05) is 30.3 Å². The summed E-state index contributed by atoms with van der Waals surface area (Å²) in [5.41, 5.74) is 2.84. The molecule has 4 nitrogen and oxygen atoms in total. The molecule has 2 rings (SSSR count). The van der Waals surface area contributed by atoms with Gasteiger partial charge in [-0.25, -0.2) is 14.2 Å². The summed E-state index contributed by atoms with van der Waals surface area (Å²) in [5.74, 6) is -1.58. The van der Waals surface area contributed by atoms with Gasteiger partial charge in [0.05, 0.1) is 5.71 Å². The molecule has 1 N–H and O–H groups in total. The predicted octanol–water partition coefficient (Wildman–Crippen LogP) is 2.88. The van der Waals surface area contributed by atoms with Crippen molar-refractivity contribution in [3.05, 3.63) is 65.7 Å². The zero-order valence-electron chi connectivity index (χ0n) is 11.8. The Hall–Kier alpha value is -2.76. The summed E-state index contributed by atoms with van der Waals surface area (Å²) >= 11 is 0. The summed E-state index contributed by atoms with van der Waals surface area (Å²) in [7, 11) is 0. The molecule has 1 amide bonds. The van der Waals surface area contributed by atoms with Gasteiger partial charge in [-0.2, -0.15) is 5.10 Å². The second-order valence-corrected chi connectivity index (χ2v) is 4.43. The highest BCUT2D eigenvalue weighted by Crippen LogP contribution is 2.14. The molecule has 0 bridgehead atoms. The van der Waals surface area contributed by atoms with Crippen LogP contribution in [0, 0.1) is 11.6 Å². The lowest BCUT2D eigenvalue weighted by Gasteiger charge is -2.06. The van der Waals surface area contributed by atoms with Gasteiger partial charge < -0.3 is 4.74 Å². The molecule has 0 radical (unpaired) electrons. The molecule has 0 aliphatic carbocycles. The number of hydrogen-bond donors (Lipinski definition) is 1. The molecule has 0 spiro atoms. The molecule has 0 heterocycles. The molecule has 0 fully saturated rings. The van der Waals surface area contributed by atoms with E-state index in [0.717, 1.165) is 0 Å². The second-order valence-electron chi connectivity index (χ2n) is 4.43. The van der Waals surface area contributed by atoms with Gasteiger partial charge in [0.15, 0.2) is 18.2 Å². The predicted molar refractivity (Wildman–Crippen MR) is 78.6 cm³/mol. The lowest BCUT2D eigenvalue weighted by atomic mass is 10.1. The van der Waals surface area contributed by atoms with Crippen LogP contribution in [-0.2, 0) is 4.79 Å². The Kier molecular flexibility index (Phi) is 5.19. The molecule has 0 saturated carbocycles. The number of rotatable bonds is 5. The van der Waals surface area contributed by atoms with E-state index in [4.69, 9.17) is 4.74 Å². The Labute approximate surface area is 126 Å². The summed E-state index contributed by atoms with van der Waals surface area (Å²) in [6, 6.07) is 11.8. The molecule has 0 atom stereocenters. The first-order valence-corrected chi connectivity index (χ1v) is 6.53. The first-order chi connectivity index (χ1) is 10.6. The molecule has 114 valence electrons. The van der Waals surface area contributed by atoms with E-state index < -0.39 is 24.1 Å². The molecule has 0 aliphatic heterocycles. The fourth-order valence-corrected chi connectivity index (χ4v) is 1.70. The summed E-state index contributed by atoms with van der Waals surface area (Å²) < 4.78 is 31.8. The molecule has 22 heavy (non-hydrogen) atoms. The van der Waals surface area contributed by atoms with Crippen molar-refractivity contribution in [1.82, 2.24) is 5.43 Å². The van der Waals surface area contributed by atoms with Gasteiger partial charge >= 0.3 is 0 Å². The lowest BCUT2D eigenvalue weighted by molar-refractivity contribution is -0.123. The summed E-state index contributed by atoms with van der Waals surface area (Å²) in [6.45, 7) is 1.17. The summed E-state index contributed by atoms with van der Waals surface area (Å²) in [6.07, 6.45) is 0. The van der Waals surface area contributed by atoms with Crippen molar-refractivity contribution in [2.24, 2.45) is 5.10 Å². The van der Waals surface area contributed by atoms with Crippen molar-refractivity contribution in [2.45, 2.75) is 6.92 Å². The number of benzene rings is 2. The van der Waals surface area contributed by atoms with E-state index in [1.807, 2.05) is 0 Å². The average molecular weight is 304 g/mol. The number of hydrazone groups is 1. The standard InChI is InChI=1S/C16H14F2N2O2/c1-11(12-6-2-3-7-13(12)17)19-20-16(21)10-22-15-9-5-4-8-14(15)18/h2-9H,10H2,1H3,(H,20,21)/b19-11+. The molecule has 6 heteroatoms. The molecule has 0 aromatic heterocycles. The van der Waals surface area contributed by atoms with Gasteiger partial charge in [0.25, 0.3) is 5.91 Å². The van der Waals surface area contributed by atoms with E-state index in [9.17, 15) is 13.6 Å². The topological polar surface area (TPSA) is 50.7 Å². The maximum atomic E-state index is 13.5. The summed E-state index contributed by atoms with van der Waals surface area (Å²) in [5, 5.41) is 3.79. The molecular formula is C16H14F2N2O2. The van der Waals surface area contributed by atoms with Crippen molar-refractivity contribution in [2.75, 3.05) is 6.61 Å². The van der Waals surface area contributed by atoms with Crippen LogP contribution in [0.1, 0.15) is 12.5 Å². The number of amides is 1. The molecule has 2 aromatic carbocycles. The van der Waals surface area contributed by atoms with Crippen molar-refractivity contribution in [1.29, 1.82) is 0 Å². The van der Waals surface area contributed by atoms with Gasteiger partial charge in [0, 0.05) is 5.56 Å². The highest BCUT2D eigenvalue weighted by Gasteiger charge is 2.07. The molecule has 0 unspecified atom stereocenters. The summed E-state index contributed by atoms with van der Waals surface area (Å²) in [4.78, 5) is 11.6. The van der Waals surface area contributed by atoms with E-state index in [2.05, 4.69) is 10.5 Å². The number of nitrogens with zero attached hydrogens (tertiary/aromatic N) is 1. The fraction of sp³-hybridized carbons (Fsp3) is 0.125. The lowest BCUT2D eigenvalue weighted by Crippen LogP contribution is -2.26. The van der Waals surface area contributed by atoms with E-state index in [0.29, 0.717) is 5.71 Å². The van der Waals surface area contributed by atoms with Crippen molar-refractivity contribution < 1.29 is 18.3 Å². The Morgan fingerprint density at radius 2 is 1.73 bits per heavy atom. The van der Waals surface area contributed by atoms with E-state index >= 15 is 0 Å². The van der Waals surface area contributed by atoms with Crippen LogP contribution in [0.3, 0.4) is 0 Å². The van der Waals surface area contributed by atoms with Crippen molar-refractivity contribution >= 4 is 11.6 Å². The maximum Gasteiger partial charge on any atom is 0.277 e. The van der Waals surface area contributed by atoms with Gasteiger partial charge in [-0.15, -0.1) is 0 Å². The number of ether oxygens (including phenoxy) is 1. The minimum atomic E-state index is -0.570. The van der Waals surface area contributed by atoms with Crippen LogP contribution < -0.4 is 10.2 Å². The smallest absolute Gasteiger partial charge is 0.277 e. The van der Waals surface area contributed by atoms with Crippen LogP contribution >= 0.6 is 0 Å². The average Bonchev–Trinajstić information content (AvgIpc) is 2.52. The van der Waals surface area contributed by atoms with E-state index in [-0.39, 0.29) is 11.3 Å². The van der Waals surface area contributed by atoms with Crippen LogP contribution in [0.5, 0.6) is 5.75 Å². The third-order valence-corrected chi connectivity index (χ3v) is 2.81. The largest absolute Gasteiger partial charge is 0.481 e. The molecular weight excluding hydrogens is 290 g/mol. The molecule has 0 aliphatic rings. The number of carbonyl (C=O) groups is 1. The minimum Gasteiger partial charge on any atom is -0.481 e. The van der Waals surface area contributed by atoms with Crippen LogP contribution in [0.15, 0.2) is 53.6 Å². The van der Waals surface area contributed by atoms with Crippen LogP contribution in [0.4, 0.5) is 8.78 Å². The maximum absolute atomic E-state index is 13.5. The number of halogens is 2. The normalized spacial score (nSPS) is 11.1. The minimum absolute atomic E-state index is 0.0209.